The molecule has 0 bridgehead atoms. The number of halogens is 2. The summed E-state index contributed by atoms with van der Waals surface area (Å²) in [6.07, 6.45) is 0.192. The monoisotopic (exact) mass is 329 g/mol. The molecule has 1 aromatic heterocycles. The van der Waals surface area contributed by atoms with E-state index < -0.39 is 5.97 Å². The fourth-order valence-electron chi connectivity index (χ4n) is 1.47. The molecule has 1 aliphatic rings. The molecule has 2 N–H and O–H groups in total. The SMILES string of the molecule is C[C@H](COCC1CO1)Nc1nc(Cl)nc(C(=O)O)c1Cl.[LiH]. The summed E-state index contributed by atoms with van der Waals surface area (Å²) in [6.45, 7) is 3.52. The van der Waals surface area contributed by atoms with Crippen molar-refractivity contribution in [1.29, 1.82) is 0 Å². The van der Waals surface area contributed by atoms with Crippen LogP contribution < -0.4 is 5.32 Å². The zero-order valence-corrected chi connectivity index (χ0v) is 12.1. The fourth-order valence-corrected chi connectivity index (χ4v) is 1.86. The maximum atomic E-state index is 11.0. The second-order valence-electron chi connectivity index (χ2n) is 4.35. The molecule has 21 heavy (non-hydrogen) atoms. The Balaban J connectivity index is 0.00000220. The zero-order chi connectivity index (χ0) is 14.7. The summed E-state index contributed by atoms with van der Waals surface area (Å²) in [7, 11) is 0. The number of hydrogen-bond acceptors (Lipinski definition) is 6. The van der Waals surface area contributed by atoms with Gasteiger partial charge in [-0.25, -0.2) is 9.78 Å². The number of nitrogens with zero attached hydrogens (tertiary/aromatic N) is 2. The third-order valence-electron chi connectivity index (χ3n) is 2.48. The predicted molar refractivity (Wildman–Crippen MR) is 79.8 cm³/mol. The first-order valence-electron chi connectivity index (χ1n) is 5.89. The van der Waals surface area contributed by atoms with E-state index in [9.17, 15) is 4.79 Å². The molecule has 1 aliphatic heterocycles. The Hall–Kier alpha value is -0.553. The predicted octanol–water partition coefficient (Wildman–Crippen LogP) is 1.05. The number of carboxylic acids is 1. The maximum absolute atomic E-state index is 11.0. The molecule has 1 saturated heterocycles. The molecule has 2 heterocycles. The molecule has 0 aliphatic carbocycles. The number of aromatic carboxylic acids is 1. The van der Waals surface area contributed by atoms with Crippen molar-refractivity contribution in [3.8, 4) is 0 Å². The molecule has 10 heteroatoms. The third kappa shape index (κ3) is 5.62. The summed E-state index contributed by atoms with van der Waals surface area (Å²) >= 11 is 11.6. The van der Waals surface area contributed by atoms with Crippen LogP contribution in [0.4, 0.5) is 5.82 Å². The first-order chi connectivity index (χ1) is 9.47. The van der Waals surface area contributed by atoms with E-state index >= 15 is 0 Å². The van der Waals surface area contributed by atoms with Crippen LogP contribution in [0.25, 0.3) is 0 Å². The van der Waals surface area contributed by atoms with Crippen molar-refractivity contribution in [2.75, 3.05) is 25.1 Å². The van der Waals surface area contributed by atoms with Crippen molar-refractivity contribution in [1.82, 2.24) is 9.97 Å². The Morgan fingerprint density at radius 3 is 2.81 bits per heavy atom. The average Bonchev–Trinajstić information content (AvgIpc) is 3.17. The molecule has 0 aromatic carbocycles. The quantitative estimate of drug-likeness (QED) is 0.438. The summed E-state index contributed by atoms with van der Waals surface area (Å²) in [4.78, 5) is 18.4. The number of ether oxygens (including phenoxy) is 2. The number of hydrogen-bond donors (Lipinski definition) is 2. The molecule has 7 nitrogen and oxygen atoms in total. The molecule has 2 rings (SSSR count). The van der Waals surface area contributed by atoms with Gasteiger partial charge in [0.2, 0.25) is 5.28 Å². The summed E-state index contributed by atoms with van der Waals surface area (Å²) in [6, 6.07) is -0.126. The van der Waals surface area contributed by atoms with Gasteiger partial charge in [0.1, 0.15) is 11.1 Å². The molecular formula is C11H14Cl2LiN3O4. The van der Waals surface area contributed by atoms with E-state index in [0.717, 1.165) is 6.61 Å². The van der Waals surface area contributed by atoms with Crippen molar-refractivity contribution in [2.45, 2.75) is 19.1 Å². The van der Waals surface area contributed by atoms with Gasteiger partial charge in [0.25, 0.3) is 0 Å². The molecule has 1 unspecified atom stereocenters. The van der Waals surface area contributed by atoms with Crippen molar-refractivity contribution >= 4 is 53.8 Å². The normalized spacial score (nSPS) is 17.8. The van der Waals surface area contributed by atoms with Gasteiger partial charge in [0, 0.05) is 6.04 Å². The number of rotatable bonds is 7. The van der Waals surface area contributed by atoms with Gasteiger partial charge in [-0.1, -0.05) is 11.6 Å². The van der Waals surface area contributed by atoms with Crippen LogP contribution in [0.2, 0.25) is 10.3 Å². The number of nitrogens with one attached hydrogen (secondary N) is 1. The van der Waals surface area contributed by atoms with Crippen LogP contribution in [0.15, 0.2) is 0 Å². The Morgan fingerprint density at radius 2 is 2.24 bits per heavy atom. The summed E-state index contributed by atoms with van der Waals surface area (Å²) in [5.74, 6) is -1.10. The van der Waals surface area contributed by atoms with Crippen LogP contribution in [0.3, 0.4) is 0 Å². The van der Waals surface area contributed by atoms with Crippen molar-refractivity contribution in [2.24, 2.45) is 0 Å². The minimum atomic E-state index is -1.27. The van der Waals surface area contributed by atoms with Crippen molar-refractivity contribution in [3.05, 3.63) is 16.0 Å². The number of carbonyl (C=O) groups is 1. The molecule has 112 valence electrons. The third-order valence-corrected chi connectivity index (χ3v) is 3.01. The first-order valence-corrected chi connectivity index (χ1v) is 6.65. The molecule has 1 fully saturated rings. The van der Waals surface area contributed by atoms with Crippen LogP contribution in [-0.2, 0) is 9.47 Å². The van der Waals surface area contributed by atoms with E-state index in [4.69, 9.17) is 37.8 Å². The van der Waals surface area contributed by atoms with Gasteiger partial charge in [-0.05, 0) is 18.5 Å². The first kappa shape index (κ1) is 18.5. The zero-order valence-electron chi connectivity index (χ0n) is 10.6. The van der Waals surface area contributed by atoms with Gasteiger partial charge in [-0.15, -0.1) is 0 Å². The molecule has 2 atom stereocenters. The van der Waals surface area contributed by atoms with E-state index in [1.165, 1.54) is 0 Å². The van der Waals surface area contributed by atoms with Crippen LogP contribution in [0.5, 0.6) is 0 Å². The second kappa shape index (κ2) is 8.18. The number of carboxylic acid groups (broad SMARTS) is 1. The van der Waals surface area contributed by atoms with E-state index in [-0.39, 0.29) is 52.8 Å². The van der Waals surface area contributed by atoms with Crippen LogP contribution >= 0.6 is 23.2 Å². The molecule has 0 radical (unpaired) electrons. The van der Waals surface area contributed by atoms with Gasteiger partial charge < -0.3 is 19.9 Å². The van der Waals surface area contributed by atoms with E-state index in [2.05, 4.69) is 15.3 Å². The molecule has 0 saturated carbocycles. The molecule has 1 aromatic rings. The Bertz CT molecular complexity index is 516. The Labute approximate surface area is 143 Å². The Morgan fingerprint density at radius 1 is 1.57 bits per heavy atom. The number of anilines is 1. The fraction of sp³-hybridized carbons (Fsp3) is 0.545. The van der Waals surface area contributed by atoms with Crippen LogP contribution in [-0.4, -0.2) is 71.9 Å². The molecule has 0 amide bonds. The number of epoxide rings is 1. The number of aromatic nitrogens is 2. The van der Waals surface area contributed by atoms with Gasteiger partial charge in [-0.2, -0.15) is 4.98 Å². The second-order valence-corrected chi connectivity index (χ2v) is 5.06. The van der Waals surface area contributed by atoms with Crippen LogP contribution in [0, 0.1) is 0 Å². The average molecular weight is 330 g/mol. The van der Waals surface area contributed by atoms with Crippen molar-refractivity contribution in [3.63, 3.8) is 0 Å². The summed E-state index contributed by atoms with van der Waals surface area (Å²) in [5.41, 5.74) is -0.339. The van der Waals surface area contributed by atoms with Crippen molar-refractivity contribution < 1.29 is 19.4 Å². The van der Waals surface area contributed by atoms with Gasteiger partial charge in [0.05, 0.1) is 19.8 Å². The Kier molecular flexibility index (Phi) is 7.20. The topological polar surface area (TPSA) is 96.9 Å². The van der Waals surface area contributed by atoms with Gasteiger partial charge >= 0.3 is 24.8 Å². The summed E-state index contributed by atoms with van der Waals surface area (Å²) < 4.78 is 10.4. The summed E-state index contributed by atoms with van der Waals surface area (Å²) in [5, 5.41) is 11.6. The molecular weight excluding hydrogens is 316 g/mol. The van der Waals surface area contributed by atoms with E-state index in [0.29, 0.717) is 13.2 Å². The minimum absolute atomic E-state index is 0. The molecule has 0 spiro atoms. The van der Waals surface area contributed by atoms with E-state index in [1.54, 1.807) is 0 Å². The van der Waals surface area contributed by atoms with E-state index in [1.807, 2.05) is 6.92 Å². The van der Waals surface area contributed by atoms with Gasteiger partial charge in [-0.3, -0.25) is 0 Å². The van der Waals surface area contributed by atoms with Crippen LogP contribution in [0.1, 0.15) is 17.4 Å². The van der Waals surface area contributed by atoms with Gasteiger partial charge in [0.15, 0.2) is 11.5 Å². The standard InChI is InChI=1S/C11H13Cl2N3O4.Li.H/c1-5(2-19-3-6-4-20-6)14-9-7(12)8(10(17)18)15-11(13)16-9;;/h5-6H,2-4H2,1H3,(H,17,18)(H,14,15,16);;/t5-,6?;;/m1../s1.